The molecule has 0 radical (unpaired) electrons. The smallest absolute Gasteiger partial charge is 0.326 e. The minimum atomic E-state index is -1.14. The first-order valence-electron chi connectivity index (χ1n) is 11.4. The molecular formula is C28H25NO8. The Hall–Kier alpha value is -4.79. The molecule has 0 fully saturated rings. The van der Waals surface area contributed by atoms with E-state index in [9.17, 15) is 19.5 Å². The number of methoxy groups -OCH3 is 2. The van der Waals surface area contributed by atoms with Crippen LogP contribution in [0.5, 0.6) is 23.0 Å². The van der Waals surface area contributed by atoms with Crippen LogP contribution in [-0.4, -0.2) is 49.6 Å². The van der Waals surface area contributed by atoms with Gasteiger partial charge in [0.15, 0.2) is 12.4 Å². The molecule has 0 spiro atoms. The first kappa shape index (κ1) is 25.3. The number of carbonyl (C=O) groups excluding carboxylic acids is 2. The lowest BCUT2D eigenvalue weighted by Gasteiger charge is -2.15. The van der Waals surface area contributed by atoms with Gasteiger partial charge in [0.05, 0.1) is 19.8 Å². The first-order valence-corrected chi connectivity index (χ1v) is 11.4. The van der Waals surface area contributed by atoms with Crippen molar-refractivity contribution in [2.24, 2.45) is 0 Å². The predicted octanol–water partition coefficient (Wildman–Crippen LogP) is 3.51. The maximum absolute atomic E-state index is 12.8. The molecule has 0 aromatic heterocycles. The first-order chi connectivity index (χ1) is 17.9. The quantitative estimate of drug-likeness (QED) is 0.404. The van der Waals surface area contributed by atoms with Gasteiger partial charge in [-0.1, -0.05) is 30.3 Å². The molecule has 0 saturated carbocycles. The summed E-state index contributed by atoms with van der Waals surface area (Å²) >= 11 is 0. The van der Waals surface area contributed by atoms with Gasteiger partial charge in [0.1, 0.15) is 29.0 Å². The van der Waals surface area contributed by atoms with Crippen molar-refractivity contribution in [3.63, 3.8) is 0 Å². The lowest BCUT2D eigenvalue weighted by Crippen LogP contribution is -2.44. The fourth-order valence-electron chi connectivity index (χ4n) is 3.79. The molecule has 1 amide bonds. The van der Waals surface area contributed by atoms with Crippen molar-refractivity contribution in [2.75, 3.05) is 20.8 Å². The third-order valence-electron chi connectivity index (χ3n) is 5.65. The van der Waals surface area contributed by atoms with E-state index in [1.54, 1.807) is 67.8 Å². The summed E-state index contributed by atoms with van der Waals surface area (Å²) in [6.45, 7) is -0.408. The second-order valence-corrected chi connectivity index (χ2v) is 8.14. The van der Waals surface area contributed by atoms with Crippen molar-refractivity contribution < 1.29 is 38.4 Å². The lowest BCUT2D eigenvalue weighted by molar-refractivity contribution is -0.142. The number of amides is 1. The Morgan fingerprint density at radius 3 is 2.46 bits per heavy atom. The van der Waals surface area contributed by atoms with Gasteiger partial charge in [-0.05, 0) is 42.0 Å². The summed E-state index contributed by atoms with van der Waals surface area (Å²) in [5.41, 5.74) is 1.74. The standard InChI is InChI=1S/C28H25NO8/c1-34-19-9-11-23(35-2)18(13-19)14-25-27(31)21-10-8-20(15-24(21)37-25)36-16-26(30)29-22(28(32)33)12-17-6-4-3-5-7-17/h3-11,13-15,22H,12,16H2,1-2H3,(H,29,30)(H,32,33)/t22-/m1/s1. The molecule has 9 nitrogen and oxygen atoms in total. The number of nitrogens with one attached hydrogen (secondary N) is 1. The highest BCUT2D eigenvalue weighted by atomic mass is 16.5. The van der Waals surface area contributed by atoms with Crippen LogP contribution in [0.15, 0.2) is 72.5 Å². The van der Waals surface area contributed by atoms with Gasteiger partial charge in [-0.25, -0.2) is 4.79 Å². The van der Waals surface area contributed by atoms with E-state index in [0.717, 1.165) is 5.56 Å². The fraction of sp³-hybridized carbons (Fsp3) is 0.179. The zero-order chi connectivity index (χ0) is 26.4. The molecule has 1 aliphatic heterocycles. The summed E-state index contributed by atoms with van der Waals surface area (Å²) in [6, 6.07) is 17.7. The molecule has 1 aliphatic rings. The normalized spacial score (nSPS) is 13.9. The number of ketones is 1. The summed E-state index contributed by atoms with van der Waals surface area (Å²) in [4.78, 5) is 36.8. The summed E-state index contributed by atoms with van der Waals surface area (Å²) in [5.74, 6) is -0.238. The Labute approximate surface area is 213 Å². The van der Waals surface area contributed by atoms with Crippen LogP contribution in [0.25, 0.3) is 6.08 Å². The Morgan fingerprint density at radius 2 is 1.76 bits per heavy atom. The molecule has 0 saturated heterocycles. The minimum absolute atomic E-state index is 0.0988. The van der Waals surface area contributed by atoms with Gasteiger partial charge < -0.3 is 29.4 Å². The number of hydrogen-bond acceptors (Lipinski definition) is 7. The highest BCUT2D eigenvalue weighted by molar-refractivity contribution is 6.14. The molecule has 4 rings (SSSR count). The maximum Gasteiger partial charge on any atom is 0.326 e. The second kappa shape index (κ2) is 11.3. The number of benzene rings is 3. The number of rotatable bonds is 10. The van der Waals surface area contributed by atoms with Crippen molar-refractivity contribution in [3.8, 4) is 23.0 Å². The number of carboxylic acid groups (broad SMARTS) is 1. The summed E-state index contributed by atoms with van der Waals surface area (Å²) in [7, 11) is 3.06. The molecular weight excluding hydrogens is 478 g/mol. The third kappa shape index (κ3) is 6.07. The number of aliphatic carboxylic acids is 1. The zero-order valence-electron chi connectivity index (χ0n) is 20.2. The molecule has 9 heteroatoms. The van der Waals surface area contributed by atoms with Crippen molar-refractivity contribution in [2.45, 2.75) is 12.5 Å². The van der Waals surface area contributed by atoms with Crippen LogP contribution in [0.4, 0.5) is 0 Å². The van der Waals surface area contributed by atoms with E-state index >= 15 is 0 Å². The Kier molecular flexibility index (Phi) is 7.73. The number of Topliss-reactive ketones (excluding diaryl/α,β-unsaturated/α-hetero) is 1. The van der Waals surface area contributed by atoms with Gasteiger partial charge in [0.2, 0.25) is 5.78 Å². The number of hydrogen-bond donors (Lipinski definition) is 2. The van der Waals surface area contributed by atoms with Crippen LogP contribution in [0.2, 0.25) is 0 Å². The van der Waals surface area contributed by atoms with Crippen molar-refractivity contribution in [1.82, 2.24) is 5.32 Å². The van der Waals surface area contributed by atoms with Gasteiger partial charge in [-0.15, -0.1) is 0 Å². The van der Waals surface area contributed by atoms with E-state index in [0.29, 0.717) is 22.6 Å². The highest BCUT2D eigenvalue weighted by Gasteiger charge is 2.28. The number of fused-ring (bicyclic) bond motifs is 1. The fourth-order valence-corrected chi connectivity index (χ4v) is 3.79. The van der Waals surface area contributed by atoms with E-state index in [1.807, 2.05) is 6.07 Å². The molecule has 0 bridgehead atoms. The largest absolute Gasteiger partial charge is 0.497 e. The predicted molar refractivity (Wildman–Crippen MR) is 134 cm³/mol. The summed E-state index contributed by atoms with van der Waals surface area (Å²) in [5, 5.41) is 11.9. The SMILES string of the molecule is COc1ccc(OC)c(C=C2Oc3cc(OCC(=O)N[C@H](Cc4ccccc4)C(=O)O)ccc3C2=O)c1. The van der Waals surface area contributed by atoms with Crippen LogP contribution in [0.3, 0.4) is 0 Å². The molecule has 3 aromatic rings. The van der Waals surface area contributed by atoms with Crippen molar-refractivity contribution in [3.05, 3.63) is 89.2 Å². The average molecular weight is 504 g/mol. The monoisotopic (exact) mass is 503 g/mol. The van der Waals surface area contributed by atoms with Crippen molar-refractivity contribution >= 4 is 23.7 Å². The second-order valence-electron chi connectivity index (χ2n) is 8.14. The zero-order valence-corrected chi connectivity index (χ0v) is 20.2. The van der Waals surface area contributed by atoms with Gasteiger partial charge >= 0.3 is 5.97 Å². The average Bonchev–Trinajstić information content (AvgIpc) is 3.21. The van der Waals surface area contributed by atoms with Crippen LogP contribution < -0.4 is 24.3 Å². The van der Waals surface area contributed by atoms with E-state index < -0.39 is 24.5 Å². The Balaban J connectivity index is 1.41. The Bertz CT molecular complexity index is 1350. The number of allylic oxidation sites excluding steroid dienone is 1. The van der Waals surface area contributed by atoms with Gasteiger partial charge in [-0.2, -0.15) is 0 Å². The minimum Gasteiger partial charge on any atom is -0.497 e. The number of carbonyl (C=O) groups is 3. The molecule has 1 atom stereocenters. The molecule has 37 heavy (non-hydrogen) atoms. The topological polar surface area (TPSA) is 120 Å². The maximum atomic E-state index is 12.8. The van der Waals surface area contributed by atoms with Crippen LogP contribution in [-0.2, 0) is 16.0 Å². The van der Waals surface area contributed by atoms with E-state index in [2.05, 4.69) is 5.32 Å². The molecule has 2 N–H and O–H groups in total. The Morgan fingerprint density at radius 1 is 1.00 bits per heavy atom. The summed E-state index contributed by atoms with van der Waals surface area (Å²) in [6.07, 6.45) is 1.71. The molecule has 3 aromatic carbocycles. The molecule has 0 aliphatic carbocycles. The number of carboxylic acids is 1. The van der Waals surface area contributed by atoms with Gasteiger partial charge in [-0.3, -0.25) is 9.59 Å². The third-order valence-corrected chi connectivity index (χ3v) is 5.65. The van der Waals surface area contributed by atoms with E-state index in [1.165, 1.54) is 13.2 Å². The molecule has 0 unspecified atom stereocenters. The van der Waals surface area contributed by atoms with Gasteiger partial charge in [0.25, 0.3) is 5.91 Å². The molecule has 1 heterocycles. The van der Waals surface area contributed by atoms with Crippen molar-refractivity contribution in [1.29, 1.82) is 0 Å². The van der Waals surface area contributed by atoms with Gasteiger partial charge in [0, 0.05) is 18.1 Å². The summed E-state index contributed by atoms with van der Waals surface area (Å²) < 4.78 is 21.9. The van der Waals surface area contributed by atoms with Crippen LogP contribution in [0, 0.1) is 0 Å². The lowest BCUT2D eigenvalue weighted by atomic mass is 10.1. The van der Waals surface area contributed by atoms with Crippen LogP contribution in [0.1, 0.15) is 21.5 Å². The molecule has 190 valence electrons. The number of ether oxygens (including phenoxy) is 4. The van der Waals surface area contributed by atoms with E-state index in [-0.39, 0.29) is 29.5 Å². The van der Waals surface area contributed by atoms with Crippen LogP contribution >= 0.6 is 0 Å². The van der Waals surface area contributed by atoms with E-state index in [4.69, 9.17) is 18.9 Å². The highest BCUT2D eigenvalue weighted by Crippen LogP contribution is 2.36.